The molecule has 0 radical (unpaired) electrons. The van der Waals surface area contributed by atoms with Gasteiger partial charge in [-0.1, -0.05) is 37.0 Å². The number of rotatable bonds is 7. The summed E-state index contributed by atoms with van der Waals surface area (Å²) in [4.78, 5) is 22.5. The first-order valence-corrected chi connectivity index (χ1v) is 8.93. The summed E-state index contributed by atoms with van der Waals surface area (Å²) in [5.74, 6) is -1.16. The molecule has 1 N–H and O–H groups in total. The molecule has 6 nitrogen and oxygen atoms in total. The van der Waals surface area contributed by atoms with Gasteiger partial charge in [0.05, 0.1) is 15.6 Å². The van der Waals surface area contributed by atoms with E-state index in [-0.39, 0.29) is 38.8 Å². The topological polar surface area (TPSA) is 89.5 Å². The zero-order valence-electron chi connectivity index (χ0n) is 12.9. The molecule has 0 unspecified atom stereocenters. The molecule has 1 aromatic rings. The fourth-order valence-electron chi connectivity index (χ4n) is 1.49. The molecule has 0 aliphatic rings. The van der Waals surface area contributed by atoms with Crippen LogP contribution in [-0.4, -0.2) is 33.3 Å². The first-order chi connectivity index (χ1) is 10.5. The number of halogens is 2. The third-order valence-electron chi connectivity index (χ3n) is 2.62. The number of hydrogen-bond donors (Lipinski definition) is 1. The van der Waals surface area contributed by atoms with Crippen LogP contribution in [0.15, 0.2) is 17.0 Å². The summed E-state index contributed by atoms with van der Waals surface area (Å²) < 4.78 is 31.7. The van der Waals surface area contributed by atoms with Crippen molar-refractivity contribution in [3.8, 4) is 0 Å². The number of nitrogens with one attached hydrogen (secondary N) is 1. The molecule has 128 valence electrons. The van der Waals surface area contributed by atoms with Crippen LogP contribution < -0.4 is 4.72 Å². The van der Waals surface area contributed by atoms with E-state index in [1.807, 2.05) is 13.8 Å². The van der Waals surface area contributed by atoms with E-state index in [1.54, 1.807) is 0 Å². The van der Waals surface area contributed by atoms with Crippen LogP contribution in [0.4, 0.5) is 0 Å². The Morgan fingerprint density at radius 1 is 1.22 bits per heavy atom. The highest BCUT2D eigenvalue weighted by Gasteiger charge is 2.23. The summed E-state index contributed by atoms with van der Waals surface area (Å²) >= 11 is 11.8. The molecular formula is C14H17Cl2NO5S. The van der Waals surface area contributed by atoms with E-state index in [9.17, 15) is 18.0 Å². The van der Waals surface area contributed by atoms with Crippen LogP contribution in [-0.2, 0) is 19.6 Å². The van der Waals surface area contributed by atoms with Gasteiger partial charge in [-0.2, -0.15) is 0 Å². The predicted molar refractivity (Wildman–Crippen MR) is 87.5 cm³/mol. The molecule has 0 heterocycles. The summed E-state index contributed by atoms with van der Waals surface area (Å²) in [5, 5.41) is -0.180. The molecule has 23 heavy (non-hydrogen) atoms. The van der Waals surface area contributed by atoms with Gasteiger partial charge in [-0.25, -0.2) is 17.9 Å². The summed E-state index contributed by atoms with van der Waals surface area (Å²) in [5.41, 5.74) is -0.178. The number of carbonyl (C=O) groups is 2. The lowest BCUT2D eigenvalue weighted by molar-refractivity contribution is -0.120. The molecular weight excluding hydrogens is 365 g/mol. The third kappa shape index (κ3) is 5.76. The van der Waals surface area contributed by atoms with Gasteiger partial charge in [0.2, 0.25) is 10.0 Å². The number of Topliss-reactive ketones (excluding diaryl/α,β-unsaturated/α-hetero) is 1. The molecule has 0 aliphatic heterocycles. The molecule has 0 atom stereocenters. The van der Waals surface area contributed by atoms with E-state index in [2.05, 4.69) is 4.72 Å². The van der Waals surface area contributed by atoms with Crippen LogP contribution >= 0.6 is 23.2 Å². The Hall–Kier alpha value is -1.15. The lowest BCUT2D eigenvalue weighted by Gasteiger charge is -2.12. The number of ether oxygens (including phenoxy) is 1. The van der Waals surface area contributed by atoms with Crippen LogP contribution in [0, 0.1) is 5.92 Å². The lowest BCUT2D eigenvalue weighted by Crippen LogP contribution is -2.28. The fraction of sp³-hybridized carbons (Fsp3) is 0.429. The SMILES string of the molecule is CC(=O)COC(=O)c1cc(S(=O)(=O)NCC(C)C)c(Cl)cc1Cl. The van der Waals surface area contributed by atoms with Crippen molar-refractivity contribution < 1.29 is 22.7 Å². The number of ketones is 1. The number of carbonyl (C=O) groups excluding carboxylic acids is 2. The Morgan fingerprint density at radius 3 is 2.35 bits per heavy atom. The van der Waals surface area contributed by atoms with Gasteiger partial charge in [-0.15, -0.1) is 0 Å². The zero-order chi connectivity index (χ0) is 17.8. The van der Waals surface area contributed by atoms with Gasteiger partial charge in [0.1, 0.15) is 11.5 Å². The molecule has 0 fully saturated rings. The fourth-order valence-corrected chi connectivity index (χ4v) is 3.55. The van der Waals surface area contributed by atoms with Crippen molar-refractivity contribution in [3.05, 3.63) is 27.7 Å². The van der Waals surface area contributed by atoms with Crippen molar-refractivity contribution in [2.24, 2.45) is 5.92 Å². The van der Waals surface area contributed by atoms with E-state index >= 15 is 0 Å². The van der Waals surface area contributed by atoms with Gasteiger partial charge in [0.25, 0.3) is 0 Å². The normalized spacial score (nSPS) is 11.6. The molecule has 0 bridgehead atoms. The summed E-state index contributed by atoms with van der Waals surface area (Å²) in [7, 11) is -3.91. The largest absolute Gasteiger partial charge is 0.454 e. The van der Waals surface area contributed by atoms with Crippen molar-refractivity contribution in [1.29, 1.82) is 0 Å². The first kappa shape index (κ1) is 19.9. The van der Waals surface area contributed by atoms with Gasteiger partial charge in [-0.3, -0.25) is 4.79 Å². The molecule has 0 saturated heterocycles. The van der Waals surface area contributed by atoms with Crippen LogP contribution in [0.25, 0.3) is 0 Å². The van der Waals surface area contributed by atoms with Crippen LogP contribution in [0.3, 0.4) is 0 Å². The highest BCUT2D eigenvalue weighted by atomic mass is 35.5. The monoisotopic (exact) mass is 381 g/mol. The van der Waals surface area contributed by atoms with E-state index in [0.29, 0.717) is 0 Å². The Balaban J connectivity index is 3.18. The maximum Gasteiger partial charge on any atom is 0.340 e. The highest BCUT2D eigenvalue weighted by molar-refractivity contribution is 7.89. The maximum atomic E-state index is 12.3. The third-order valence-corrected chi connectivity index (χ3v) is 4.82. The summed E-state index contributed by atoms with van der Waals surface area (Å²) in [6.07, 6.45) is 0. The van der Waals surface area contributed by atoms with Gasteiger partial charge < -0.3 is 4.74 Å². The second-order valence-corrected chi connectivity index (χ2v) is 7.84. The lowest BCUT2D eigenvalue weighted by atomic mass is 10.2. The van der Waals surface area contributed by atoms with Crippen molar-refractivity contribution in [1.82, 2.24) is 4.72 Å². The van der Waals surface area contributed by atoms with Crippen LogP contribution in [0.1, 0.15) is 31.1 Å². The summed E-state index contributed by atoms with van der Waals surface area (Å²) in [6.45, 7) is 4.73. The molecule has 1 rings (SSSR count). The standard InChI is InChI=1S/C14H17Cl2NO5S/c1-8(2)6-17-23(20,21)13-4-10(11(15)5-12(13)16)14(19)22-7-9(3)18/h4-5,8,17H,6-7H2,1-3H3. The number of benzene rings is 1. The number of sulfonamides is 1. The first-order valence-electron chi connectivity index (χ1n) is 6.70. The Bertz CT molecular complexity index is 716. The van der Waals surface area contributed by atoms with Gasteiger partial charge in [-0.05, 0) is 25.0 Å². The summed E-state index contributed by atoms with van der Waals surface area (Å²) in [6, 6.07) is 2.19. The average molecular weight is 382 g/mol. The van der Waals surface area contributed by atoms with Crippen molar-refractivity contribution in [2.45, 2.75) is 25.7 Å². The quantitative estimate of drug-likeness (QED) is 0.733. The van der Waals surface area contributed by atoms with Crippen molar-refractivity contribution in [2.75, 3.05) is 13.2 Å². The molecule has 0 aliphatic carbocycles. The Labute approximate surface area is 145 Å². The smallest absolute Gasteiger partial charge is 0.340 e. The van der Waals surface area contributed by atoms with Gasteiger partial charge in [0.15, 0.2) is 5.78 Å². The van der Waals surface area contributed by atoms with E-state index in [0.717, 1.165) is 12.1 Å². The molecule has 9 heteroatoms. The molecule has 1 aromatic carbocycles. The average Bonchev–Trinajstić information content (AvgIpc) is 2.42. The van der Waals surface area contributed by atoms with E-state index in [1.165, 1.54) is 6.92 Å². The van der Waals surface area contributed by atoms with E-state index in [4.69, 9.17) is 27.9 Å². The Morgan fingerprint density at radius 2 is 1.83 bits per heavy atom. The minimum Gasteiger partial charge on any atom is -0.454 e. The van der Waals surface area contributed by atoms with Crippen molar-refractivity contribution in [3.63, 3.8) is 0 Å². The molecule has 0 aromatic heterocycles. The zero-order valence-corrected chi connectivity index (χ0v) is 15.2. The minimum atomic E-state index is -3.91. The molecule has 0 spiro atoms. The molecule has 0 saturated carbocycles. The van der Waals surface area contributed by atoms with Crippen LogP contribution in [0.5, 0.6) is 0 Å². The Kier molecular flexibility index (Phi) is 7.01. The highest BCUT2D eigenvalue weighted by Crippen LogP contribution is 2.29. The number of hydrogen-bond acceptors (Lipinski definition) is 5. The van der Waals surface area contributed by atoms with Gasteiger partial charge in [0, 0.05) is 6.54 Å². The minimum absolute atomic E-state index is 0.0636. The second-order valence-electron chi connectivity index (χ2n) is 5.29. The van der Waals surface area contributed by atoms with Crippen LogP contribution in [0.2, 0.25) is 10.0 Å². The number of esters is 1. The van der Waals surface area contributed by atoms with Crippen molar-refractivity contribution >= 4 is 45.0 Å². The van der Waals surface area contributed by atoms with E-state index < -0.39 is 22.6 Å². The molecule has 0 amide bonds. The maximum absolute atomic E-state index is 12.3. The second kappa shape index (κ2) is 8.10. The predicted octanol–water partition coefficient (Wildman–Crippen LogP) is 2.67. The van der Waals surface area contributed by atoms with Gasteiger partial charge >= 0.3 is 5.97 Å².